The minimum atomic E-state index is -0.721. The van der Waals surface area contributed by atoms with Crippen LogP contribution in [0.4, 0.5) is 0 Å². The first kappa shape index (κ1) is 21.7. The van der Waals surface area contributed by atoms with Crippen molar-refractivity contribution in [3.63, 3.8) is 0 Å². The molecule has 0 aliphatic rings. The predicted molar refractivity (Wildman–Crippen MR) is 99.3 cm³/mol. The second-order valence-corrected chi connectivity index (χ2v) is 6.55. The number of rotatable bonds is 12. The minimum Gasteiger partial charge on any atom is -0.345 e. The molecule has 0 aliphatic carbocycles. The third kappa shape index (κ3) is 9.19. The van der Waals surface area contributed by atoms with Gasteiger partial charge in [-0.1, -0.05) is 44.2 Å². The fourth-order valence-electron chi connectivity index (χ4n) is 2.77. The van der Waals surface area contributed by atoms with Crippen LogP contribution in [0.25, 0.3) is 0 Å². The molecule has 0 heterocycles. The van der Waals surface area contributed by atoms with Crippen LogP contribution in [0.1, 0.15) is 69.4 Å². The van der Waals surface area contributed by atoms with Gasteiger partial charge < -0.3 is 5.32 Å². The van der Waals surface area contributed by atoms with E-state index < -0.39 is 11.9 Å². The Morgan fingerprint density at radius 1 is 1.12 bits per heavy atom. The topological polar surface area (TPSA) is 102 Å². The Morgan fingerprint density at radius 2 is 1.77 bits per heavy atom. The van der Waals surface area contributed by atoms with Gasteiger partial charge in [0.25, 0.3) is 5.91 Å². The number of nitrogens with zero attached hydrogens (tertiary/aromatic N) is 1. The summed E-state index contributed by atoms with van der Waals surface area (Å²) in [5.74, 6) is -0.779. The number of carbonyl (C=O) groups excluding carboxylic acids is 2. The smallest absolute Gasteiger partial charge is 0.265 e. The van der Waals surface area contributed by atoms with E-state index in [9.17, 15) is 9.59 Å². The lowest BCUT2D eigenvalue weighted by atomic mass is 10.0. The second-order valence-electron chi connectivity index (χ2n) is 6.55. The Labute approximate surface area is 155 Å². The standard InChI is InChI=1S/C20H29N3O3/c1-16(20(25)23-26)22-19(24)13-8-6-4-2-3-5-7-10-17-11-9-12-18(14-17)15-21/h9,11-12,14,16,26H,2-8,10,13H2,1H3,(H,22,24)(H,23,25). The molecular formula is C20H29N3O3. The molecule has 26 heavy (non-hydrogen) atoms. The van der Waals surface area contributed by atoms with Gasteiger partial charge in [-0.3, -0.25) is 14.8 Å². The first-order chi connectivity index (χ1) is 12.6. The number of amides is 2. The highest BCUT2D eigenvalue weighted by Gasteiger charge is 2.13. The highest BCUT2D eigenvalue weighted by molar-refractivity contribution is 5.86. The molecule has 1 aromatic rings. The number of hydrogen-bond donors (Lipinski definition) is 3. The lowest BCUT2D eigenvalue weighted by Crippen LogP contribution is -2.43. The minimum absolute atomic E-state index is 0.166. The zero-order valence-corrected chi connectivity index (χ0v) is 15.5. The van der Waals surface area contributed by atoms with Gasteiger partial charge in [0.2, 0.25) is 5.91 Å². The molecule has 0 aliphatic heterocycles. The van der Waals surface area contributed by atoms with Gasteiger partial charge in [-0.15, -0.1) is 0 Å². The molecule has 0 spiro atoms. The summed E-state index contributed by atoms with van der Waals surface area (Å²) in [6.45, 7) is 1.53. The summed E-state index contributed by atoms with van der Waals surface area (Å²) in [5.41, 5.74) is 3.46. The van der Waals surface area contributed by atoms with Crippen molar-refractivity contribution in [1.82, 2.24) is 10.8 Å². The monoisotopic (exact) mass is 359 g/mol. The Kier molecular flexibility index (Phi) is 10.7. The van der Waals surface area contributed by atoms with E-state index in [1.54, 1.807) is 0 Å². The highest BCUT2D eigenvalue weighted by atomic mass is 16.5. The van der Waals surface area contributed by atoms with Gasteiger partial charge >= 0.3 is 0 Å². The van der Waals surface area contributed by atoms with Crippen LogP contribution in [0.3, 0.4) is 0 Å². The van der Waals surface area contributed by atoms with Gasteiger partial charge in [0, 0.05) is 6.42 Å². The molecule has 0 bridgehead atoms. The molecule has 6 nitrogen and oxygen atoms in total. The van der Waals surface area contributed by atoms with Crippen LogP contribution in [-0.4, -0.2) is 23.1 Å². The van der Waals surface area contributed by atoms with Crippen molar-refractivity contribution in [3.8, 4) is 6.07 Å². The highest BCUT2D eigenvalue weighted by Crippen LogP contribution is 2.12. The molecule has 0 saturated heterocycles. The SMILES string of the molecule is CC(NC(=O)CCCCCCCCCc1cccc(C#N)c1)C(=O)NO. The third-order valence-corrected chi connectivity index (χ3v) is 4.31. The maximum Gasteiger partial charge on any atom is 0.265 e. The normalized spacial score (nSPS) is 11.4. The van der Waals surface area contributed by atoms with Crippen LogP contribution < -0.4 is 10.8 Å². The third-order valence-electron chi connectivity index (χ3n) is 4.31. The van der Waals surface area contributed by atoms with Crippen molar-refractivity contribution in [2.75, 3.05) is 0 Å². The number of carbonyl (C=O) groups is 2. The molecule has 1 unspecified atom stereocenters. The average molecular weight is 359 g/mol. The lowest BCUT2D eigenvalue weighted by Gasteiger charge is -2.11. The van der Waals surface area contributed by atoms with Gasteiger partial charge in [-0.2, -0.15) is 5.26 Å². The number of nitrogens with one attached hydrogen (secondary N) is 2. The molecule has 1 aromatic carbocycles. The van der Waals surface area contributed by atoms with Crippen molar-refractivity contribution in [2.45, 2.75) is 70.8 Å². The van der Waals surface area contributed by atoms with Gasteiger partial charge in [-0.05, 0) is 43.9 Å². The summed E-state index contributed by atoms with van der Waals surface area (Å²) in [6.07, 6.45) is 8.95. The number of hydrogen-bond acceptors (Lipinski definition) is 4. The molecule has 3 N–H and O–H groups in total. The van der Waals surface area contributed by atoms with E-state index in [1.807, 2.05) is 18.2 Å². The molecule has 2 amide bonds. The van der Waals surface area contributed by atoms with Crippen molar-refractivity contribution in [1.29, 1.82) is 5.26 Å². The quantitative estimate of drug-likeness (QED) is 0.303. The fraction of sp³-hybridized carbons (Fsp3) is 0.550. The van der Waals surface area contributed by atoms with E-state index in [0.717, 1.165) is 44.1 Å². The maximum absolute atomic E-state index is 11.6. The first-order valence-electron chi connectivity index (χ1n) is 9.29. The summed E-state index contributed by atoms with van der Waals surface area (Å²) < 4.78 is 0. The molecule has 0 aromatic heterocycles. The molecule has 1 atom stereocenters. The number of nitriles is 1. The summed E-state index contributed by atoms with van der Waals surface area (Å²) in [4.78, 5) is 22.7. The average Bonchev–Trinajstić information content (AvgIpc) is 2.66. The fourth-order valence-corrected chi connectivity index (χ4v) is 2.77. The Morgan fingerprint density at radius 3 is 2.42 bits per heavy atom. The Balaban J connectivity index is 1.98. The van der Waals surface area contributed by atoms with Crippen molar-refractivity contribution < 1.29 is 14.8 Å². The van der Waals surface area contributed by atoms with Crippen LogP contribution in [-0.2, 0) is 16.0 Å². The zero-order valence-electron chi connectivity index (χ0n) is 15.5. The Hall–Kier alpha value is -2.39. The summed E-state index contributed by atoms with van der Waals surface area (Å²) in [6, 6.07) is 9.22. The lowest BCUT2D eigenvalue weighted by molar-refractivity contribution is -0.134. The number of aryl methyl sites for hydroxylation is 1. The Bertz CT molecular complexity index is 611. The number of benzene rings is 1. The van der Waals surface area contributed by atoms with E-state index in [4.69, 9.17) is 10.5 Å². The molecule has 1 rings (SSSR count). The van der Waals surface area contributed by atoms with E-state index in [-0.39, 0.29) is 5.91 Å². The van der Waals surface area contributed by atoms with Crippen LogP contribution in [0.15, 0.2) is 24.3 Å². The number of unbranched alkanes of at least 4 members (excludes halogenated alkanes) is 6. The van der Waals surface area contributed by atoms with Crippen LogP contribution in [0.2, 0.25) is 0 Å². The van der Waals surface area contributed by atoms with Crippen LogP contribution >= 0.6 is 0 Å². The maximum atomic E-state index is 11.6. The van der Waals surface area contributed by atoms with Crippen molar-refractivity contribution in [2.24, 2.45) is 0 Å². The largest absolute Gasteiger partial charge is 0.345 e. The van der Waals surface area contributed by atoms with Crippen LogP contribution in [0.5, 0.6) is 0 Å². The van der Waals surface area contributed by atoms with Gasteiger partial charge in [0.15, 0.2) is 0 Å². The zero-order chi connectivity index (χ0) is 19.2. The summed E-state index contributed by atoms with van der Waals surface area (Å²) in [7, 11) is 0. The molecule has 142 valence electrons. The molecule has 0 radical (unpaired) electrons. The number of hydroxylamine groups is 1. The predicted octanol–water partition coefficient (Wildman–Crippen LogP) is 3.23. The second kappa shape index (κ2) is 12.9. The van der Waals surface area contributed by atoms with E-state index in [2.05, 4.69) is 17.5 Å². The summed E-state index contributed by atoms with van der Waals surface area (Å²) in [5, 5.41) is 19.9. The first-order valence-corrected chi connectivity index (χ1v) is 9.29. The molecular weight excluding hydrogens is 330 g/mol. The van der Waals surface area contributed by atoms with E-state index >= 15 is 0 Å². The van der Waals surface area contributed by atoms with Crippen molar-refractivity contribution in [3.05, 3.63) is 35.4 Å². The van der Waals surface area contributed by atoms with Gasteiger partial charge in [0.05, 0.1) is 11.6 Å². The van der Waals surface area contributed by atoms with E-state index in [0.29, 0.717) is 6.42 Å². The van der Waals surface area contributed by atoms with Gasteiger partial charge in [0.1, 0.15) is 6.04 Å². The van der Waals surface area contributed by atoms with E-state index in [1.165, 1.54) is 30.8 Å². The molecule has 0 fully saturated rings. The van der Waals surface area contributed by atoms with Crippen molar-refractivity contribution >= 4 is 11.8 Å². The van der Waals surface area contributed by atoms with Crippen LogP contribution in [0, 0.1) is 11.3 Å². The summed E-state index contributed by atoms with van der Waals surface area (Å²) >= 11 is 0. The molecule has 6 heteroatoms. The van der Waals surface area contributed by atoms with Gasteiger partial charge in [-0.25, -0.2) is 5.48 Å². The molecule has 0 saturated carbocycles.